The highest BCUT2D eigenvalue weighted by Gasteiger charge is 2.42. The molecular formula is C18H26N2O3. The van der Waals surface area contributed by atoms with E-state index in [1.165, 1.54) is 18.4 Å². The van der Waals surface area contributed by atoms with E-state index in [0.29, 0.717) is 12.1 Å². The van der Waals surface area contributed by atoms with Crippen molar-refractivity contribution in [3.8, 4) is 0 Å². The van der Waals surface area contributed by atoms with E-state index in [1.807, 2.05) is 6.07 Å². The van der Waals surface area contributed by atoms with E-state index in [9.17, 15) is 4.79 Å². The van der Waals surface area contributed by atoms with Crippen molar-refractivity contribution < 1.29 is 13.9 Å². The standard InChI is InChI=1S/C18H26N2O3/c21-18(19-15-3-1-2-4-15)14-9-17-16(6-8-23-17)20(11-14)10-13-5-7-22-12-13/h5,7,12,14-17H,1-4,6,8-11H2,(H,19,21)/t14-,16-,17-/m1/s1. The number of piperidine rings is 1. The monoisotopic (exact) mass is 318 g/mol. The summed E-state index contributed by atoms with van der Waals surface area (Å²) in [7, 11) is 0. The number of ether oxygens (including phenoxy) is 1. The molecule has 0 unspecified atom stereocenters. The third-order valence-electron chi connectivity index (χ3n) is 5.65. The van der Waals surface area contributed by atoms with Crippen LogP contribution < -0.4 is 5.32 Å². The van der Waals surface area contributed by atoms with Crippen LogP contribution in [-0.4, -0.2) is 42.1 Å². The lowest BCUT2D eigenvalue weighted by molar-refractivity contribution is -0.130. The number of hydrogen-bond acceptors (Lipinski definition) is 4. The Balaban J connectivity index is 1.42. The first-order valence-corrected chi connectivity index (χ1v) is 8.96. The first-order chi connectivity index (χ1) is 11.3. The Kier molecular flexibility index (Phi) is 4.40. The normalized spacial score (nSPS) is 32.1. The highest BCUT2D eigenvalue weighted by Crippen LogP contribution is 2.33. The zero-order valence-electron chi connectivity index (χ0n) is 13.6. The highest BCUT2D eigenvalue weighted by molar-refractivity contribution is 5.79. The Morgan fingerprint density at radius 1 is 1.30 bits per heavy atom. The molecule has 23 heavy (non-hydrogen) atoms. The Morgan fingerprint density at radius 2 is 2.17 bits per heavy atom. The van der Waals surface area contributed by atoms with E-state index in [-0.39, 0.29) is 17.9 Å². The Hall–Kier alpha value is -1.33. The molecule has 5 heteroatoms. The van der Waals surface area contributed by atoms with E-state index in [2.05, 4.69) is 10.2 Å². The van der Waals surface area contributed by atoms with Crippen molar-refractivity contribution in [2.24, 2.45) is 5.92 Å². The second kappa shape index (κ2) is 6.65. The molecule has 0 radical (unpaired) electrons. The van der Waals surface area contributed by atoms with Gasteiger partial charge >= 0.3 is 0 Å². The van der Waals surface area contributed by atoms with Gasteiger partial charge in [0.15, 0.2) is 0 Å². The number of fused-ring (bicyclic) bond motifs is 1. The number of rotatable bonds is 4. The summed E-state index contributed by atoms with van der Waals surface area (Å²) in [4.78, 5) is 15.1. The van der Waals surface area contributed by atoms with Crippen molar-refractivity contribution >= 4 is 5.91 Å². The molecule has 3 heterocycles. The van der Waals surface area contributed by atoms with E-state index in [4.69, 9.17) is 9.15 Å². The zero-order valence-corrected chi connectivity index (χ0v) is 13.6. The van der Waals surface area contributed by atoms with Gasteiger partial charge in [0.2, 0.25) is 5.91 Å². The highest BCUT2D eigenvalue weighted by atomic mass is 16.5. The van der Waals surface area contributed by atoms with E-state index in [1.54, 1.807) is 12.5 Å². The average Bonchev–Trinajstić information content (AvgIpc) is 3.29. The Labute approximate surface area is 137 Å². The van der Waals surface area contributed by atoms with Gasteiger partial charge in [0.05, 0.1) is 24.5 Å². The summed E-state index contributed by atoms with van der Waals surface area (Å²) in [5.74, 6) is 0.268. The zero-order chi connectivity index (χ0) is 15.6. The summed E-state index contributed by atoms with van der Waals surface area (Å²) < 4.78 is 11.1. The fraction of sp³-hybridized carbons (Fsp3) is 0.722. The predicted octanol–water partition coefficient (Wildman–Crippen LogP) is 2.32. The average molecular weight is 318 g/mol. The van der Waals surface area contributed by atoms with Crippen LogP contribution in [0.15, 0.2) is 23.0 Å². The molecule has 1 amide bonds. The molecule has 0 aromatic carbocycles. The molecular weight excluding hydrogens is 292 g/mol. The molecule has 126 valence electrons. The van der Waals surface area contributed by atoms with Crippen LogP contribution in [0.2, 0.25) is 0 Å². The molecule has 0 spiro atoms. The SMILES string of the molecule is O=C(NC1CCCC1)[C@@H]1C[C@H]2OCC[C@H]2N(Cc2ccoc2)C1. The van der Waals surface area contributed by atoms with Gasteiger partial charge in [-0.2, -0.15) is 0 Å². The Bertz CT molecular complexity index is 524. The minimum absolute atomic E-state index is 0.0434. The maximum absolute atomic E-state index is 12.7. The largest absolute Gasteiger partial charge is 0.472 e. The molecule has 2 aliphatic heterocycles. The van der Waals surface area contributed by atoms with Crippen LogP contribution in [0, 0.1) is 5.92 Å². The maximum atomic E-state index is 12.7. The number of hydrogen-bond donors (Lipinski definition) is 1. The molecule has 1 N–H and O–H groups in total. The van der Waals surface area contributed by atoms with Gasteiger partial charge < -0.3 is 14.5 Å². The fourth-order valence-electron chi connectivity index (χ4n) is 4.43. The summed E-state index contributed by atoms with van der Waals surface area (Å²) in [5, 5.41) is 3.27. The number of nitrogens with zero attached hydrogens (tertiary/aromatic N) is 1. The van der Waals surface area contributed by atoms with Crippen LogP contribution in [0.1, 0.15) is 44.1 Å². The van der Waals surface area contributed by atoms with Gasteiger partial charge in [-0.05, 0) is 31.7 Å². The second-order valence-corrected chi connectivity index (χ2v) is 7.25. The third-order valence-corrected chi connectivity index (χ3v) is 5.65. The van der Waals surface area contributed by atoms with E-state index >= 15 is 0 Å². The van der Waals surface area contributed by atoms with Crippen molar-refractivity contribution in [1.29, 1.82) is 0 Å². The lowest BCUT2D eigenvalue weighted by Gasteiger charge is -2.40. The van der Waals surface area contributed by atoms with Gasteiger partial charge in [-0.15, -0.1) is 0 Å². The van der Waals surface area contributed by atoms with Crippen LogP contribution in [0.25, 0.3) is 0 Å². The van der Waals surface area contributed by atoms with Gasteiger partial charge in [0, 0.05) is 37.3 Å². The molecule has 0 bridgehead atoms. The van der Waals surface area contributed by atoms with Crippen LogP contribution in [0.3, 0.4) is 0 Å². The van der Waals surface area contributed by atoms with Gasteiger partial charge in [-0.1, -0.05) is 12.8 Å². The molecule has 3 atom stereocenters. The lowest BCUT2D eigenvalue weighted by Crippen LogP contribution is -2.53. The van der Waals surface area contributed by atoms with Crippen molar-refractivity contribution in [2.75, 3.05) is 13.2 Å². The third kappa shape index (κ3) is 3.31. The summed E-state index contributed by atoms with van der Waals surface area (Å²) in [6.07, 6.45) is 10.4. The first-order valence-electron chi connectivity index (χ1n) is 8.96. The molecule has 2 saturated heterocycles. The summed E-state index contributed by atoms with van der Waals surface area (Å²) in [6, 6.07) is 2.85. The number of carbonyl (C=O) groups excluding carboxylic acids is 1. The number of amides is 1. The molecule has 3 fully saturated rings. The van der Waals surface area contributed by atoms with Gasteiger partial charge in [0.25, 0.3) is 0 Å². The fourth-order valence-corrected chi connectivity index (χ4v) is 4.43. The smallest absolute Gasteiger partial charge is 0.224 e. The van der Waals surface area contributed by atoms with Gasteiger partial charge in [-0.3, -0.25) is 9.69 Å². The molecule has 1 aliphatic carbocycles. The first kappa shape index (κ1) is 15.2. The van der Waals surface area contributed by atoms with Crippen LogP contribution in [-0.2, 0) is 16.1 Å². The van der Waals surface area contributed by atoms with Crippen LogP contribution in [0.5, 0.6) is 0 Å². The molecule has 1 aromatic rings. The van der Waals surface area contributed by atoms with E-state index < -0.39 is 0 Å². The molecule has 1 aromatic heterocycles. The quantitative estimate of drug-likeness (QED) is 0.926. The number of furan rings is 1. The van der Waals surface area contributed by atoms with Crippen molar-refractivity contribution in [1.82, 2.24) is 10.2 Å². The maximum Gasteiger partial charge on any atom is 0.224 e. The number of nitrogens with one attached hydrogen (secondary N) is 1. The summed E-state index contributed by atoms with van der Waals surface area (Å²) in [6.45, 7) is 2.48. The van der Waals surface area contributed by atoms with E-state index in [0.717, 1.165) is 45.4 Å². The van der Waals surface area contributed by atoms with Crippen molar-refractivity contribution in [3.63, 3.8) is 0 Å². The van der Waals surface area contributed by atoms with Gasteiger partial charge in [0.1, 0.15) is 0 Å². The molecule has 5 nitrogen and oxygen atoms in total. The minimum Gasteiger partial charge on any atom is -0.472 e. The van der Waals surface area contributed by atoms with Crippen LogP contribution >= 0.6 is 0 Å². The summed E-state index contributed by atoms with van der Waals surface area (Å²) in [5.41, 5.74) is 1.17. The topological polar surface area (TPSA) is 54.7 Å². The lowest BCUT2D eigenvalue weighted by atomic mass is 9.89. The molecule has 3 aliphatic rings. The van der Waals surface area contributed by atoms with Gasteiger partial charge in [-0.25, -0.2) is 0 Å². The second-order valence-electron chi connectivity index (χ2n) is 7.25. The number of carbonyl (C=O) groups is 1. The Morgan fingerprint density at radius 3 is 2.96 bits per heavy atom. The summed E-state index contributed by atoms with van der Waals surface area (Å²) >= 11 is 0. The van der Waals surface area contributed by atoms with Crippen molar-refractivity contribution in [3.05, 3.63) is 24.2 Å². The predicted molar refractivity (Wildman–Crippen MR) is 85.8 cm³/mol. The molecule has 4 rings (SSSR count). The van der Waals surface area contributed by atoms with Crippen LogP contribution in [0.4, 0.5) is 0 Å². The van der Waals surface area contributed by atoms with Crippen molar-refractivity contribution in [2.45, 2.75) is 63.3 Å². The number of likely N-dealkylation sites (tertiary alicyclic amines) is 1. The minimum atomic E-state index is 0.0434. The molecule has 1 saturated carbocycles.